The van der Waals surface area contributed by atoms with E-state index in [1.54, 1.807) is 48.7 Å². The van der Waals surface area contributed by atoms with Crippen molar-refractivity contribution >= 4 is 5.91 Å². The summed E-state index contributed by atoms with van der Waals surface area (Å²) in [6, 6.07) is 11.1. The van der Waals surface area contributed by atoms with Gasteiger partial charge >= 0.3 is 0 Å². The Bertz CT molecular complexity index is 552. The SMILES string of the molecule is COc1ccc(C(=O)N(C)CCc2ccncc2)cc1. The maximum absolute atomic E-state index is 12.2. The molecule has 4 heteroatoms. The summed E-state index contributed by atoms with van der Waals surface area (Å²) in [6.45, 7) is 0.675. The van der Waals surface area contributed by atoms with Gasteiger partial charge in [-0.2, -0.15) is 0 Å². The highest BCUT2D eigenvalue weighted by Gasteiger charge is 2.11. The van der Waals surface area contributed by atoms with Gasteiger partial charge in [0.05, 0.1) is 7.11 Å². The van der Waals surface area contributed by atoms with Gasteiger partial charge in [0, 0.05) is 31.5 Å². The predicted molar refractivity (Wildman–Crippen MR) is 77.9 cm³/mol. The highest BCUT2D eigenvalue weighted by atomic mass is 16.5. The van der Waals surface area contributed by atoms with Gasteiger partial charge in [-0.25, -0.2) is 0 Å². The van der Waals surface area contributed by atoms with Crippen molar-refractivity contribution in [2.45, 2.75) is 6.42 Å². The van der Waals surface area contributed by atoms with Crippen molar-refractivity contribution in [3.8, 4) is 5.75 Å². The number of likely N-dealkylation sites (N-methyl/N-ethyl adjacent to an activating group) is 1. The van der Waals surface area contributed by atoms with Crippen LogP contribution < -0.4 is 4.74 Å². The lowest BCUT2D eigenvalue weighted by Crippen LogP contribution is -2.28. The molecule has 0 aliphatic rings. The first-order chi connectivity index (χ1) is 9.70. The molecule has 4 nitrogen and oxygen atoms in total. The molecule has 2 rings (SSSR count). The molecule has 104 valence electrons. The second-order valence-corrected chi connectivity index (χ2v) is 4.56. The number of amides is 1. The molecule has 0 N–H and O–H groups in total. The number of ether oxygens (including phenoxy) is 1. The van der Waals surface area contributed by atoms with E-state index < -0.39 is 0 Å². The molecule has 0 saturated carbocycles. The molecule has 0 aliphatic carbocycles. The second-order valence-electron chi connectivity index (χ2n) is 4.56. The largest absolute Gasteiger partial charge is 0.497 e. The minimum atomic E-state index is 0.0155. The molecule has 20 heavy (non-hydrogen) atoms. The molecule has 0 radical (unpaired) electrons. The van der Waals surface area contributed by atoms with Crippen LogP contribution in [-0.4, -0.2) is 36.5 Å². The van der Waals surface area contributed by atoms with Gasteiger partial charge in [-0.1, -0.05) is 0 Å². The zero-order valence-electron chi connectivity index (χ0n) is 11.7. The van der Waals surface area contributed by atoms with E-state index in [1.807, 2.05) is 19.2 Å². The number of hydrogen-bond donors (Lipinski definition) is 0. The lowest BCUT2D eigenvalue weighted by atomic mass is 10.1. The van der Waals surface area contributed by atoms with E-state index in [4.69, 9.17) is 4.74 Å². The van der Waals surface area contributed by atoms with Crippen molar-refractivity contribution in [2.75, 3.05) is 20.7 Å². The molecule has 0 saturated heterocycles. The lowest BCUT2D eigenvalue weighted by Gasteiger charge is -2.17. The van der Waals surface area contributed by atoms with E-state index in [1.165, 1.54) is 5.56 Å². The van der Waals surface area contributed by atoms with Crippen LogP contribution in [0, 0.1) is 0 Å². The van der Waals surface area contributed by atoms with E-state index in [-0.39, 0.29) is 5.91 Å². The van der Waals surface area contributed by atoms with Gasteiger partial charge in [0.15, 0.2) is 0 Å². The fourth-order valence-corrected chi connectivity index (χ4v) is 1.90. The summed E-state index contributed by atoms with van der Waals surface area (Å²) in [5.74, 6) is 0.766. The molecule has 1 aromatic carbocycles. The Morgan fingerprint density at radius 1 is 1.15 bits per heavy atom. The normalized spacial score (nSPS) is 10.1. The second kappa shape index (κ2) is 6.70. The predicted octanol–water partition coefficient (Wildman–Crippen LogP) is 2.40. The summed E-state index contributed by atoms with van der Waals surface area (Å²) in [5, 5.41) is 0. The molecule has 0 aliphatic heterocycles. The fraction of sp³-hybridized carbons (Fsp3) is 0.250. The molecule has 1 amide bonds. The first-order valence-corrected chi connectivity index (χ1v) is 6.49. The summed E-state index contributed by atoms with van der Waals surface area (Å²) in [7, 11) is 3.42. The number of hydrogen-bond acceptors (Lipinski definition) is 3. The van der Waals surface area contributed by atoms with Crippen molar-refractivity contribution in [1.29, 1.82) is 0 Å². The number of carbonyl (C=O) groups is 1. The van der Waals surface area contributed by atoms with Gasteiger partial charge in [0.25, 0.3) is 5.91 Å². The van der Waals surface area contributed by atoms with E-state index in [9.17, 15) is 4.79 Å². The van der Waals surface area contributed by atoms with Crippen LogP contribution in [0.25, 0.3) is 0 Å². The van der Waals surface area contributed by atoms with E-state index >= 15 is 0 Å². The Morgan fingerprint density at radius 2 is 1.80 bits per heavy atom. The van der Waals surface area contributed by atoms with Crippen LogP contribution >= 0.6 is 0 Å². The minimum absolute atomic E-state index is 0.0155. The molecule has 0 fully saturated rings. The third-order valence-corrected chi connectivity index (χ3v) is 3.17. The maximum Gasteiger partial charge on any atom is 0.253 e. The van der Waals surface area contributed by atoms with Crippen molar-refractivity contribution in [3.05, 3.63) is 59.9 Å². The third kappa shape index (κ3) is 3.57. The average Bonchev–Trinajstić information content (AvgIpc) is 2.53. The standard InChI is InChI=1S/C16H18N2O2/c1-18(12-9-13-7-10-17-11-8-13)16(19)14-3-5-15(20-2)6-4-14/h3-8,10-11H,9,12H2,1-2H3. The van der Waals surface area contributed by atoms with E-state index in [2.05, 4.69) is 4.98 Å². The summed E-state index contributed by atoms with van der Waals surface area (Å²) in [6.07, 6.45) is 4.35. The van der Waals surface area contributed by atoms with Crippen molar-refractivity contribution in [2.24, 2.45) is 0 Å². The van der Waals surface area contributed by atoms with Gasteiger partial charge in [-0.05, 0) is 48.4 Å². The summed E-state index contributed by atoms with van der Waals surface area (Å²) < 4.78 is 5.08. The van der Waals surface area contributed by atoms with Crippen molar-refractivity contribution in [1.82, 2.24) is 9.88 Å². The van der Waals surface area contributed by atoms with E-state index in [0.29, 0.717) is 12.1 Å². The van der Waals surface area contributed by atoms with Gasteiger partial charge in [-0.3, -0.25) is 9.78 Å². The zero-order chi connectivity index (χ0) is 14.4. The minimum Gasteiger partial charge on any atom is -0.497 e. The lowest BCUT2D eigenvalue weighted by molar-refractivity contribution is 0.0796. The van der Waals surface area contributed by atoms with Crippen LogP contribution in [0.15, 0.2) is 48.8 Å². The summed E-state index contributed by atoms with van der Waals surface area (Å²) in [4.78, 5) is 17.9. The molecule has 0 unspecified atom stereocenters. The van der Waals surface area contributed by atoms with Gasteiger partial charge in [0.2, 0.25) is 0 Å². The molecule has 0 atom stereocenters. The number of methoxy groups -OCH3 is 1. The van der Waals surface area contributed by atoms with Gasteiger partial charge in [0.1, 0.15) is 5.75 Å². The number of carbonyl (C=O) groups excluding carboxylic acids is 1. The maximum atomic E-state index is 12.2. The van der Waals surface area contributed by atoms with Gasteiger partial charge in [-0.15, -0.1) is 0 Å². The summed E-state index contributed by atoms with van der Waals surface area (Å²) in [5.41, 5.74) is 1.84. The highest BCUT2D eigenvalue weighted by Crippen LogP contribution is 2.13. The Kier molecular flexibility index (Phi) is 4.71. The average molecular weight is 270 g/mol. The molecule has 1 heterocycles. The Morgan fingerprint density at radius 3 is 2.40 bits per heavy atom. The molecule has 1 aromatic heterocycles. The first kappa shape index (κ1) is 14.1. The number of aromatic nitrogens is 1. The number of nitrogens with zero attached hydrogens (tertiary/aromatic N) is 2. The molecular weight excluding hydrogens is 252 g/mol. The Labute approximate surface area is 119 Å². The van der Waals surface area contributed by atoms with Crippen LogP contribution in [0.5, 0.6) is 5.75 Å². The van der Waals surface area contributed by atoms with Crippen LogP contribution in [0.2, 0.25) is 0 Å². The molecular formula is C16H18N2O2. The fourth-order valence-electron chi connectivity index (χ4n) is 1.90. The summed E-state index contributed by atoms with van der Waals surface area (Å²) >= 11 is 0. The molecule has 2 aromatic rings. The first-order valence-electron chi connectivity index (χ1n) is 6.49. The Hall–Kier alpha value is -2.36. The zero-order valence-corrected chi connectivity index (χ0v) is 11.7. The van der Waals surface area contributed by atoms with E-state index in [0.717, 1.165) is 12.2 Å². The monoisotopic (exact) mass is 270 g/mol. The van der Waals surface area contributed by atoms with Gasteiger partial charge < -0.3 is 9.64 Å². The van der Waals surface area contributed by atoms with Crippen LogP contribution in [-0.2, 0) is 6.42 Å². The molecule has 0 spiro atoms. The van der Waals surface area contributed by atoms with Crippen molar-refractivity contribution in [3.63, 3.8) is 0 Å². The van der Waals surface area contributed by atoms with Crippen molar-refractivity contribution < 1.29 is 9.53 Å². The molecule has 0 bridgehead atoms. The van der Waals surface area contributed by atoms with Crippen LogP contribution in [0.4, 0.5) is 0 Å². The Balaban J connectivity index is 1.94. The quantitative estimate of drug-likeness (QED) is 0.838. The number of pyridine rings is 1. The topological polar surface area (TPSA) is 42.4 Å². The number of benzene rings is 1. The number of rotatable bonds is 5. The smallest absolute Gasteiger partial charge is 0.253 e. The van der Waals surface area contributed by atoms with Crippen LogP contribution in [0.3, 0.4) is 0 Å². The highest BCUT2D eigenvalue weighted by molar-refractivity contribution is 5.94. The van der Waals surface area contributed by atoms with Crippen LogP contribution in [0.1, 0.15) is 15.9 Å². The third-order valence-electron chi connectivity index (χ3n) is 3.17.